The van der Waals surface area contributed by atoms with Crippen molar-refractivity contribution in [3.05, 3.63) is 52.9 Å². The van der Waals surface area contributed by atoms with Gasteiger partial charge in [0, 0.05) is 25.6 Å². The topological polar surface area (TPSA) is 84.8 Å². The number of aromatic nitrogens is 2. The van der Waals surface area contributed by atoms with Crippen LogP contribution in [-0.4, -0.2) is 34.0 Å². The molecule has 1 atom stereocenters. The maximum atomic E-state index is 13.6. The highest BCUT2D eigenvalue weighted by Gasteiger charge is 2.34. The lowest BCUT2D eigenvalue weighted by molar-refractivity contribution is -0.141. The molecule has 0 bridgehead atoms. The molecule has 10 heteroatoms. The minimum Gasteiger partial charge on any atom is -0.338 e. The van der Waals surface area contributed by atoms with Crippen LogP contribution in [0.1, 0.15) is 41.4 Å². The number of piperidine rings is 1. The van der Waals surface area contributed by atoms with Crippen LogP contribution in [0, 0.1) is 17.1 Å². The van der Waals surface area contributed by atoms with E-state index < -0.39 is 23.7 Å². The number of aromatic amines is 1. The molecule has 1 saturated heterocycles. The molecule has 2 aromatic rings. The van der Waals surface area contributed by atoms with Crippen molar-refractivity contribution in [2.45, 2.75) is 31.5 Å². The average molecular weight is 395 g/mol. The molecule has 2 heterocycles. The molecule has 2 N–H and O–H groups in total. The first-order valence-electron chi connectivity index (χ1n) is 8.61. The predicted molar refractivity (Wildman–Crippen MR) is 90.5 cm³/mol. The third kappa shape index (κ3) is 4.42. The summed E-state index contributed by atoms with van der Waals surface area (Å²) in [4.78, 5) is 20.0. The number of carbonyl (C=O) groups is 1. The Hall–Kier alpha value is -3.09. The Balaban J connectivity index is 1.59. The molecule has 1 fully saturated rings. The van der Waals surface area contributed by atoms with Gasteiger partial charge in [-0.15, -0.1) is 0 Å². The molecule has 3 rings (SSSR count). The van der Waals surface area contributed by atoms with Gasteiger partial charge in [-0.2, -0.15) is 18.4 Å². The molecule has 148 valence electrons. The number of nitrogens with zero attached hydrogens (tertiary/aromatic N) is 3. The number of rotatable bonds is 3. The zero-order valence-electron chi connectivity index (χ0n) is 14.7. The van der Waals surface area contributed by atoms with E-state index in [1.54, 1.807) is 12.1 Å². The van der Waals surface area contributed by atoms with Gasteiger partial charge in [-0.05, 0) is 30.5 Å². The van der Waals surface area contributed by atoms with Crippen molar-refractivity contribution in [3.63, 3.8) is 0 Å². The Kier molecular flexibility index (Phi) is 5.53. The van der Waals surface area contributed by atoms with Gasteiger partial charge < -0.3 is 15.2 Å². The molecule has 1 aromatic heterocycles. The van der Waals surface area contributed by atoms with Crippen LogP contribution >= 0.6 is 0 Å². The molecule has 1 aliphatic heterocycles. The van der Waals surface area contributed by atoms with Gasteiger partial charge in [-0.25, -0.2) is 14.2 Å². The zero-order valence-corrected chi connectivity index (χ0v) is 14.7. The van der Waals surface area contributed by atoms with E-state index in [1.807, 2.05) is 0 Å². The van der Waals surface area contributed by atoms with E-state index in [1.165, 1.54) is 17.0 Å². The first-order chi connectivity index (χ1) is 13.3. The molecule has 6 nitrogen and oxygen atoms in total. The normalized spacial score (nSPS) is 17.2. The largest absolute Gasteiger partial charge is 0.432 e. The van der Waals surface area contributed by atoms with Crippen LogP contribution in [-0.2, 0) is 12.7 Å². The van der Waals surface area contributed by atoms with Crippen molar-refractivity contribution in [3.8, 4) is 6.07 Å². The van der Waals surface area contributed by atoms with Gasteiger partial charge in [0.25, 0.3) is 0 Å². The maximum Gasteiger partial charge on any atom is 0.432 e. The molecule has 0 spiro atoms. The Morgan fingerprint density at radius 3 is 2.86 bits per heavy atom. The van der Waals surface area contributed by atoms with E-state index in [0.29, 0.717) is 24.9 Å². The number of amides is 2. The monoisotopic (exact) mass is 395 g/mol. The van der Waals surface area contributed by atoms with Crippen molar-refractivity contribution in [1.29, 1.82) is 5.26 Å². The van der Waals surface area contributed by atoms with Crippen molar-refractivity contribution in [1.82, 2.24) is 20.2 Å². The standard InChI is InChI=1S/C18H17F4N5O/c19-14-6-11(3-4-12(14)7-23)8-25-17(28)27-5-1-2-13(10-27)16-24-9-15(26-16)18(20,21)22/h3-4,6,9,13H,1-2,5,8,10H2,(H,24,26)(H,25,28). The number of hydrogen-bond acceptors (Lipinski definition) is 3. The van der Waals surface area contributed by atoms with E-state index in [-0.39, 0.29) is 30.4 Å². The smallest absolute Gasteiger partial charge is 0.338 e. The molecule has 1 unspecified atom stereocenters. The number of H-pyrrole nitrogens is 1. The number of alkyl halides is 3. The lowest BCUT2D eigenvalue weighted by Gasteiger charge is -2.32. The van der Waals surface area contributed by atoms with E-state index >= 15 is 0 Å². The van der Waals surface area contributed by atoms with Gasteiger partial charge in [0.15, 0.2) is 0 Å². The second-order valence-electron chi connectivity index (χ2n) is 6.55. The van der Waals surface area contributed by atoms with Crippen LogP contribution < -0.4 is 5.32 Å². The first kappa shape index (κ1) is 19.7. The number of hydrogen-bond donors (Lipinski definition) is 2. The summed E-state index contributed by atoms with van der Waals surface area (Å²) in [5.74, 6) is -0.771. The highest BCUT2D eigenvalue weighted by Crippen LogP contribution is 2.31. The number of nitriles is 1. The Morgan fingerprint density at radius 1 is 1.43 bits per heavy atom. The second kappa shape index (κ2) is 7.88. The highest BCUT2D eigenvalue weighted by molar-refractivity contribution is 5.74. The Bertz CT molecular complexity index is 902. The summed E-state index contributed by atoms with van der Waals surface area (Å²) in [5, 5.41) is 11.4. The Morgan fingerprint density at radius 2 is 2.21 bits per heavy atom. The molecule has 0 aliphatic carbocycles. The van der Waals surface area contributed by atoms with Crippen molar-refractivity contribution in [2.24, 2.45) is 0 Å². The fourth-order valence-corrected chi connectivity index (χ4v) is 3.12. The van der Waals surface area contributed by atoms with Crippen LogP contribution in [0.15, 0.2) is 24.4 Å². The van der Waals surface area contributed by atoms with Gasteiger partial charge in [0.1, 0.15) is 23.4 Å². The SMILES string of the molecule is N#Cc1ccc(CNC(=O)N2CCCC(c3ncc(C(F)(F)F)[nH]3)C2)cc1F. The number of benzene rings is 1. The molecular formula is C18H17F4N5O. The minimum absolute atomic E-state index is 0.0710. The second-order valence-corrected chi connectivity index (χ2v) is 6.55. The summed E-state index contributed by atoms with van der Waals surface area (Å²) in [6, 6.07) is 5.39. The van der Waals surface area contributed by atoms with Crippen molar-refractivity contribution < 1.29 is 22.4 Å². The van der Waals surface area contributed by atoms with Crippen molar-refractivity contribution in [2.75, 3.05) is 13.1 Å². The zero-order chi connectivity index (χ0) is 20.3. The summed E-state index contributed by atoms with van der Waals surface area (Å²) in [6.45, 7) is 0.775. The van der Waals surface area contributed by atoms with Crippen LogP contribution in [0.3, 0.4) is 0 Å². The van der Waals surface area contributed by atoms with Crippen molar-refractivity contribution >= 4 is 6.03 Å². The van der Waals surface area contributed by atoms with E-state index in [4.69, 9.17) is 5.26 Å². The summed E-state index contributed by atoms with van der Waals surface area (Å²) < 4.78 is 51.8. The fourth-order valence-electron chi connectivity index (χ4n) is 3.12. The summed E-state index contributed by atoms with van der Waals surface area (Å²) >= 11 is 0. The van der Waals surface area contributed by atoms with E-state index in [2.05, 4.69) is 15.3 Å². The highest BCUT2D eigenvalue weighted by atomic mass is 19.4. The maximum absolute atomic E-state index is 13.6. The van der Waals surface area contributed by atoms with Gasteiger partial charge in [0.2, 0.25) is 0 Å². The molecule has 1 aliphatic rings. The number of imidazole rings is 1. The lowest BCUT2D eigenvalue weighted by Crippen LogP contribution is -2.44. The minimum atomic E-state index is -4.49. The molecule has 1 aromatic carbocycles. The van der Waals surface area contributed by atoms with E-state index in [0.717, 1.165) is 6.20 Å². The van der Waals surface area contributed by atoms with Crippen LogP contribution in [0.2, 0.25) is 0 Å². The number of halogens is 4. The van der Waals surface area contributed by atoms with Crippen LogP contribution in [0.4, 0.5) is 22.4 Å². The number of nitrogens with one attached hydrogen (secondary N) is 2. The average Bonchev–Trinajstić information content (AvgIpc) is 3.17. The lowest BCUT2D eigenvalue weighted by atomic mass is 9.97. The summed E-state index contributed by atoms with van der Waals surface area (Å²) in [6.07, 6.45) is -2.48. The van der Waals surface area contributed by atoms with Gasteiger partial charge in [0.05, 0.1) is 11.8 Å². The molecule has 0 saturated carbocycles. The first-order valence-corrected chi connectivity index (χ1v) is 8.61. The number of urea groups is 1. The van der Waals surface area contributed by atoms with Gasteiger partial charge in [-0.3, -0.25) is 0 Å². The predicted octanol–water partition coefficient (Wildman–Crippen LogP) is 3.53. The molecule has 2 amide bonds. The van der Waals surface area contributed by atoms with E-state index in [9.17, 15) is 22.4 Å². The fraction of sp³-hybridized carbons (Fsp3) is 0.389. The van der Waals surface area contributed by atoms with Crippen LogP contribution in [0.25, 0.3) is 0 Å². The van der Waals surface area contributed by atoms with Crippen LogP contribution in [0.5, 0.6) is 0 Å². The molecular weight excluding hydrogens is 378 g/mol. The van der Waals surface area contributed by atoms with Gasteiger partial charge in [-0.1, -0.05) is 6.07 Å². The Labute approximate surface area is 158 Å². The summed E-state index contributed by atoms with van der Waals surface area (Å²) in [7, 11) is 0. The molecule has 28 heavy (non-hydrogen) atoms. The third-order valence-electron chi connectivity index (χ3n) is 4.59. The number of carbonyl (C=O) groups excluding carboxylic acids is 1. The summed E-state index contributed by atoms with van der Waals surface area (Å²) in [5.41, 5.74) is -0.489. The third-order valence-corrected chi connectivity index (χ3v) is 4.59. The number of likely N-dealkylation sites (tertiary alicyclic amines) is 1. The molecule has 0 radical (unpaired) electrons. The van der Waals surface area contributed by atoms with Gasteiger partial charge >= 0.3 is 12.2 Å². The quantitative estimate of drug-likeness (QED) is 0.780.